The standard InChI is InChI=1S/C33H35F2N7O.C2H6/c1-3-24-27(34)11-8-21-6-5-7-25(28(21)24)30-29(35)31-26(18-36-30)32(42-19-22-9-10-23(20-42)37-22)39-33(38-31)43-17-16-41-14-12-40(4-2)13-15-41;1-2/h1,5-8,11,18,22-23,37H,4,9-10,12-17,19-20H2,2H3;1-2H3. The molecule has 4 aromatic rings. The molecule has 0 spiro atoms. The summed E-state index contributed by atoms with van der Waals surface area (Å²) >= 11 is 0. The Bertz CT molecular complexity index is 1700. The van der Waals surface area contributed by atoms with Crippen molar-refractivity contribution in [3.63, 3.8) is 0 Å². The molecule has 2 unspecified atom stereocenters. The zero-order valence-corrected chi connectivity index (χ0v) is 26.3. The number of likely N-dealkylation sites (N-methyl/N-ethyl adjacent to an activating group) is 1. The topological polar surface area (TPSA) is 69.7 Å². The van der Waals surface area contributed by atoms with Crippen molar-refractivity contribution in [1.29, 1.82) is 0 Å². The van der Waals surface area contributed by atoms with Gasteiger partial charge >= 0.3 is 6.01 Å². The second-order valence-electron chi connectivity index (χ2n) is 11.7. The average Bonchev–Trinajstić information content (AvgIpc) is 3.42. The number of hydrogen-bond acceptors (Lipinski definition) is 8. The van der Waals surface area contributed by atoms with Gasteiger partial charge in [0.15, 0.2) is 5.82 Å². The number of fused-ring (bicyclic) bond motifs is 4. The van der Waals surface area contributed by atoms with E-state index in [1.54, 1.807) is 24.4 Å². The predicted molar refractivity (Wildman–Crippen MR) is 176 cm³/mol. The lowest BCUT2D eigenvalue weighted by molar-refractivity contribution is 0.119. The third-order valence-electron chi connectivity index (χ3n) is 9.10. The van der Waals surface area contributed by atoms with Gasteiger partial charge in [0, 0.05) is 75.0 Å². The van der Waals surface area contributed by atoms with Gasteiger partial charge in [-0.1, -0.05) is 51.0 Å². The van der Waals surface area contributed by atoms with E-state index in [-0.39, 0.29) is 22.8 Å². The van der Waals surface area contributed by atoms with Gasteiger partial charge in [0.2, 0.25) is 0 Å². The zero-order chi connectivity index (χ0) is 31.5. The van der Waals surface area contributed by atoms with Crippen molar-refractivity contribution in [2.75, 3.05) is 63.9 Å². The van der Waals surface area contributed by atoms with Crippen LogP contribution in [0.4, 0.5) is 14.6 Å². The Hall–Kier alpha value is -3.91. The van der Waals surface area contributed by atoms with Crippen LogP contribution >= 0.6 is 0 Å². The molecule has 45 heavy (non-hydrogen) atoms. The van der Waals surface area contributed by atoms with Gasteiger partial charge in [-0.05, 0) is 30.8 Å². The first kappa shape index (κ1) is 31.1. The molecule has 3 fully saturated rings. The lowest BCUT2D eigenvalue weighted by atomic mass is 9.96. The molecule has 2 atom stereocenters. The van der Waals surface area contributed by atoms with E-state index in [0.29, 0.717) is 46.2 Å². The molecule has 0 aliphatic carbocycles. The summed E-state index contributed by atoms with van der Waals surface area (Å²) in [5.41, 5.74) is 0.685. The fourth-order valence-electron chi connectivity index (χ4n) is 6.77. The number of anilines is 1. The lowest BCUT2D eigenvalue weighted by Gasteiger charge is -2.34. The first-order valence-electron chi connectivity index (χ1n) is 16.1. The molecular formula is C35H41F2N7O. The number of piperazine rings is 2. The molecule has 5 heterocycles. The van der Waals surface area contributed by atoms with Crippen molar-refractivity contribution in [3.05, 3.63) is 53.7 Å². The quantitative estimate of drug-likeness (QED) is 0.290. The van der Waals surface area contributed by atoms with E-state index >= 15 is 4.39 Å². The SMILES string of the molecule is C#Cc1c(F)ccc2cccc(-c3ncc4c(N5CC6CCC(C5)N6)nc(OCCN5CCN(CC)CC5)nc4c3F)c12.CC. The minimum atomic E-state index is -0.612. The van der Waals surface area contributed by atoms with Crippen LogP contribution in [0.3, 0.4) is 0 Å². The Morgan fingerprint density at radius 2 is 1.73 bits per heavy atom. The third kappa shape index (κ3) is 6.17. The predicted octanol–water partition coefficient (Wildman–Crippen LogP) is 5.09. The number of nitrogens with zero attached hydrogens (tertiary/aromatic N) is 6. The maximum absolute atomic E-state index is 16.6. The number of halogens is 2. The zero-order valence-electron chi connectivity index (χ0n) is 26.3. The van der Waals surface area contributed by atoms with Crippen LogP contribution in [0.25, 0.3) is 32.9 Å². The molecular weight excluding hydrogens is 572 g/mol. The Labute approximate surface area is 263 Å². The van der Waals surface area contributed by atoms with Crippen molar-refractivity contribution in [2.24, 2.45) is 0 Å². The van der Waals surface area contributed by atoms with E-state index in [1.165, 1.54) is 6.07 Å². The summed E-state index contributed by atoms with van der Waals surface area (Å²) in [6.07, 6.45) is 9.53. The van der Waals surface area contributed by atoms with Crippen molar-refractivity contribution in [1.82, 2.24) is 30.1 Å². The molecule has 0 saturated carbocycles. The summed E-state index contributed by atoms with van der Waals surface area (Å²) < 4.78 is 37.4. The molecule has 0 amide bonds. The van der Waals surface area contributed by atoms with Crippen molar-refractivity contribution in [2.45, 2.75) is 45.7 Å². The molecule has 2 aromatic carbocycles. The molecule has 1 N–H and O–H groups in total. The first-order valence-corrected chi connectivity index (χ1v) is 16.1. The lowest BCUT2D eigenvalue weighted by Crippen LogP contribution is -2.51. The second kappa shape index (κ2) is 13.6. The number of nitrogens with one attached hydrogen (secondary N) is 1. The summed E-state index contributed by atoms with van der Waals surface area (Å²) in [4.78, 5) is 21.0. The Kier molecular flexibility index (Phi) is 9.40. The molecule has 7 rings (SSSR count). The smallest absolute Gasteiger partial charge is 0.319 e. The minimum absolute atomic E-state index is 0.0602. The monoisotopic (exact) mass is 613 g/mol. The third-order valence-corrected chi connectivity index (χ3v) is 9.10. The normalized spacial score (nSPS) is 20.2. The van der Waals surface area contributed by atoms with Crippen molar-refractivity contribution >= 4 is 27.5 Å². The Balaban J connectivity index is 0.00000175. The fourth-order valence-corrected chi connectivity index (χ4v) is 6.77. The van der Waals surface area contributed by atoms with Gasteiger partial charge in [-0.3, -0.25) is 9.88 Å². The number of ether oxygens (including phenoxy) is 1. The van der Waals surface area contributed by atoms with E-state index in [9.17, 15) is 4.39 Å². The van der Waals surface area contributed by atoms with E-state index in [2.05, 4.69) is 42.8 Å². The summed E-state index contributed by atoms with van der Waals surface area (Å²) in [5, 5.41) is 5.32. The number of benzene rings is 2. The van der Waals surface area contributed by atoms with Gasteiger partial charge in [0.25, 0.3) is 0 Å². The van der Waals surface area contributed by atoms with Gasteiger partial charge in [0.1, 0.15) is 29.5 Å². The van der Waals surface area contributed by atoms with Crippen LogP contribution in [-0.4, -0.2) is 95.8 Å². The summed E-state index contributed by atoms with van der Waals surface area (Å²) in [5.74, 6) is 1.93. The Morgan fingerprint density at radius 1 is 1.00 bits per heavy atom. The number of hydrogen-bond donors (Lipinski definition) is 1. The van der Waals surface area contributed by atoms with E-state index in [4.69, 9.17) is 16.1 Å². The van der Waals surface area contributed by atoms with Crippen molar-refractivity contribution in [3.8, 4) is 29.6 Å². The van der Waals surface area contributed by atoms with Crippen LogP contribution < -0.4 is 15.0 Å². The van der Waals surface area contributed by atoms with Gasteiger partial charge in [-0.25, -0.2) is 8.78 Å². The maximum atomic E-state index is 16.6. The van der Waals surface area contributed by atoms with Gasteiger partial charge in [-0.15, -0.1) is 6.42 Å². The van der Waals surface area contributed by atoms with Crippen LogP contribution in [-0.2, 0) is 0 Å². The van der Waals surface area contributed by atoms with Crippen LogP contribution in [0, 0.1) is 24.0 Å². The minimum Gasteiger partial charge on any atom is -0.462 e. The Morgan fingerprint density at radius 3 is 2.44 bits per heavy atom. The molecule has 3 saturated heterocycles. The number of aromatic nitrogens is 3. The summed E-state index contributed by atoms with van der Waals surface area (Å²) in [7, 11) is 0. The highest BCUT2D eigenvalue weighted by atomic mass is 19.1. The van der Waals surface area contributed by atoms with Gasteiger partial charge in [-0.2, -0.15) is 9.97 Å². The van der Waals surface area contributed by atoms with Crippen molar-refractivity contribution < 1.29 is 13.5 Å². The summed E-state index contributed by atoms with van der Waals surface area (Å²) in [6.45, 7) is 14.0. The number of pyridine rings is 1. The van der Waals surface area contributed by atoms with Gasteiger partial charge in [0.05, 0.1) is 10.9 Å². The molecule has 8 nitrogen and oxygen atoms in total. The van der Waals surface area contributed by atoms with Crippen LogP contribution in [0.5, 0.6) is 6.01 Å². The molecule has 2 bridgehead atoms. The second-order valence-corrected chi connectivity index (χ2v) is 11.7. The highest BCUT2D eigenvalue weighted by Gasteiger charge is 2.34. The first-order chi connectivity index (χ1) is 22.0. The van der Waals surface area contributed by atoms with Crippen LogP contribution in [0.2, 0.25) is 0 Å². The molecule has 0 radical (unpaired) electrons. The number of terminal acetylenes is 1. The average molecular weight is 614 g/mol. The maximum Gasteiger partial charge on any atom is 0.319 e. The largest absolute Gasteiger partial charge is 0.462 e. The highest BCUT2D eigenvalue weighted by molar-refractivity contribution is 6.02. The van der Waals surface area contributed by atoms with Crippen LogP contribution in [0.15, 0.2) is 36.5 Å². The molecule has 2 aromatic heterocycles. The summed E-state index contributed by atoms with van der Waals surface area (Å²) in [6, 6.07) is 9.17. The highest BCUT2D eigenvalue weighted by Crippen LogP contribution is 2.37. The van der Waals surface area contributed by atoms with Crippen LogP contribution in [0.1, 0.15) is 39.2 Å². The number of rotatable bonds is 7. The fraction of sp³-hybridized carbons (Fsp3) is 0.457. The molecule has 3 aliphatic rings. The molecule has 3 aliphatic heterocycles. The van der Waals surface area contributed by atoms with E-state index in [0.717, 1.165) is 65.2 Å². The molecule has 10 heteroatoms. The molecule has 236 valence electrons. The van der Waals surface area contributed by atoms with E-state index in [1.807, 2.05) is 19.9 Å². The van der Waals surface area contributed by atoms with Gasteiger partial charge < -0.3 is 19.9 Å². The van der Waals surface area contributed by atoms with E-state index < -0.39 is 11.6 Å².